The van der Waals surface area contributed by atoms with Gasteiger partial charge in [0, 0.05) is 42.0 Å². The third kappa shape index (κ3) is 3.50. The Morgan fingerprint density at radius 1 is 1.17 bits per heavy atom. The van der Waals surface area contributed by atoms with Crippen LogP contribution in [-0.2, 0) is 21.2 Å². The molecule has 0 aliphatic heterocycles. The Bertz CT molecular complexity index is 1350. The van der Waals surface area contributed by atoms with Crippen molar-refractivity contribution in [2.24, 2.45) is 0 Å². The monoisotopic (exact) mass is 424 g/mol. The molecular formula is C22H20N2O5S. The van der Waals surface area contributed by atoms with Gasteiger partial charge in [0.05, 0.1) is 5.52 Å². The lowest BCUT2D eigenvalue weighted by molar-refractivity contribution is -0.136. The zero-order valence-electron chi connectivity index (χ0n) is 16.5. The van der Waals surface area contributed by atoms with Crippen LogP contribution in [-0.4, -0.2) is 28.5 Å². The maximum Gasteiger partial charge on any atom is 0.303 e. The molecule has 0 saturated carbocycles. The van der Waals surface area contributed by atoms with E-state index >= 15 is 0 Å². The first kappa shape index (κ1) is 19.9. The minimum absolute atomic E-state index is 0.0954. The standard InChI is InChI=1S/C22H20N2O5S/c1-14-10-21(15(2)29-14)30(27,28)24-13-18(6-8-22(25)26)19-11-16(5-7-20(19)24)17-4-3-9-23-12-17/h3-5,7,9-13H,6,8H2,1-2H3,(H,25,26). The Balaban J connectivity index is 1.92. The Morgan fingerprint density at radius 2 is 1.97 bits per heavy atom. The van der Waals surface area contributed by atoms with Crippen LogP contribution in [0.25, 0.3) is 22.0 Å². The van der Waals surface area contributed by atoms with E-state index in [0.29, 0.717) is 28.0 Å². The molecule has 0 saturated heterocycles. The van der Waals surface area contributed by atoms with Crippen molar-refractivity contribution in [3.8, 4) is 11.1 Å². The molecule has 4 aromatic rings. The van der Waals surface area contributed by atoms with Crippen molar-refractivity contribution in [1.82, 2.24) is 8.96 Å². The van der Waals surface area contributed by atoms with Crippen molar-refractivity contribution in [1.29, 1.82) is 0 Å². The van der Waals surface area contributed by atoms with Gasteiger partial charge in [0.15, 0.2) is 0 Å². The highest BCUT2D eigenvalue weighted by molar-refractivity contribution is 7.90. The summed E-state index contributed by atoms with van der Waals surface area (Å²) in [6.45, 7) is 3.30. The number of nitrogens with zero attached hydrogens (tertiary/aromatic N) is 2. The van der Waals surface area contributed by atoms with Gasteiger partial charge in [-0.2, -0.15) is 0 Å². The number of pyridine rings is 1. The van der Waals surface area contributed by atoms with Crippen molar-refractivity contribution < 1.29 is 22.7 Å². The van der Waals surface area contributed by atoms with Crippen LogP contribution in [0, 0.1) is 13.8 Å². The van der Waals surface area contributed by atoms with E-state index in [1.165, 1.54) is 16.2 Å². The second kappa shape index (κ2) is 7.46. The molecule has 3 heterocycles. The number of aromatic nitrogens is 2. The summed E-state index contributed by atoms with van der Waals surface area (Å²) in [5.74, 6) is -0.121. The lowest BCUT2D eigenvalue weighted by Crippen LogP contribution is -2.12. The number of rotatable bonds is 6. The van der Waals surface area contributed by atoms with Crippen molar-refractivity contribution in [3.05, 3.63) is 72.1 Å². The summed E-state index contributed by atoms with van der Waals surface area (Å²) in [6, 6.07) is 10.7. The maximum atomic E-state index is 13.4. The minimum atomic E-state index is -3.91. The molecule has 1 N–H and O–H groups in total. The van der Waals surface area contributed by atoms with Crippen molar-refractivity contribution in [2.45, 2.75) is 31.6 Å². The predicted octanol–water partition coefficient (Wildman–Crippen LogP) is 4.17. The van der Waals surface area contributed by atoms with Gasteiger partial charge in [-0.3, -0.25) is 9.78 Å². The molecule has 3 aromatic heterocycles. The molecule has 0 aliphatic carbocycles. The van der Waals surface area contributed by atoms with E-state index in [1.54, 1.807) is 32.3 Å². The van der Waals surface area contributed by atoms with Crippen LogP contribution in [0.15, 0.2) is 64.3 Å². The molecule has 0 radical (unpaired) electrons. The fraction of sp³-hybridized carbons (Fsp3) is 0.182. The zero-order valence-corrected chi connectivity index (χ0v) is 17.3. The van der Waals surface area contributed by atoms with Crippen LogP contribution in [0.4, 0.5) is 0 Å². The molecule has 0 spiro atoms. The zero-order chi connectivity index (χ0) is 21.5. The predicted molar refractivity (Wildman–Crippen MR) is 112 cm³/mol. The lowest BCUT2D eigenvalue weighted by atomic mass is 10.0. The van der Waals surface area contributed by atoms with Gasteiger partial charge in [-0.25, -0.2) is 12.4 Å². The highest BCUT2D eigenvalue weighted by Gasteiger charge is 2.26. The third-order valence-electron chi connectivity index (χ3n) is 4.99. The average Bonchev–Trinajstić information content (AvgIpc) is 3.26. The fourth-order valence-electron chi connectivity index (χ4n) is 3.59. The first-order valence-electron chi connectivity index (χ1n) is 9.36. The molecular weight excluding hydrogens is 404 g/mol. The number of fused-ring (bicyclic) bond motifs is 1. The molecule has 0 amide bonds. The van der Waals surface area contributed by atoms with E-state index in [2.05, 4.69) is 4.98 Å². The number of furan rings is 1. The van der Waals surface area contributed by atoms with Gasteiger partial charge in [-0.15, -0.1) is 0 Å². The lowest BCUT2D eigenvalue weighted by Gasteiger charge is -2.07. The first-order valence-corrected chi connectivity index (χ1v) is 10.8. The Morgan fingerprint density at radius 3 is 2.60 bits per heavy atom. The molecule has 7 nitrogen and oxygen atoms in total. The van der Waals surface area contributed by atoms with Crippen LogP contribution < -0.4 is 0 Å². The van der Waals surface area contributed by atoms with E-state index in [-0.39, 0.29) is 17.7 Å². The summed E-state index contributed by atoms with van der Waals surface area (Å²) >= 11 is 0. The number of benzene rings is 1. The first-order chi connectivity index (χ1) is 14.3. The molecule has 0 aliphatic rings. The van der Waals surface area contributed by atoms with Gasteiger partial charge in [0.25, 0.3) is 10.0 Å². The topological polar surface area (TPSA) is 102 Å². The van der Waals surface area contributed by atoms with E-state index in [1.807, 2.05) is 24.3 Å². The largest absolute Gasteiger partial charge is 0.481 e. The summed E-state index contributed by atoms with van der Waals surface area (Å²) in [5.41, 5.74) is 2.90. The number of hydrogen-bond acceptors (Lipinski definition) is 5. The molecule has 0 fully saturated rings. The molecule has 0 unspecified atom stereocenters. The van der Waals surface area contributed by atoms with Gasteiger partial charge in [-0.05, 0) is 49.6 Å². The Labute approximate surface area is 173 Å². The quantitative estimate of drug-likeness (QED) is 0.498. The normalized spacial score (nSPS) is 11.8. The van der Waals surface area contributed by atoms with Gasteiger partial charge in [0.1, 0.15) is 16.4 Å². The smallest absolute Gasteiger partial charge is 0.303 e. The number of aryl methyl sites for hydroxylation is 3. The molecule has 1 aromatic carbocycles. The fourth-order valence-corrected chi connectivity index (χ4v) is 5.20. The van der Waals surface area contributed by atoms with Gasteiger partial charge in [0.2, 0.25) is 0 Å². The second-order valence-electron chi connectivity index (χ2n) is 7.10. The average molecular weight is 424 g/mol. The van der Waals surface area contributed by atoms with E-state index in [0.717, 1.165) is 11.1 Å². The molecule has 4 rings (SSSR count). The third-order valence-corrected chi connectivity index (χ3v) is 6.77. The Hall–Kier alpha value is -3.39. The van der Waals surface area contributed by atoms with Crippen LogP contribution >= 0.6 is 0 Å². The minimum Gasteiger partial charge on any atom is -0.481 e. The highest BCUT2D eigenvalue weighted by atomic mass is 32.2. The number of carboxylic acids is 1. The molecule has 8 heteroatoms. The van der Waals surface area contributed by atoms with Crippen LogP contribution in [0.2, 0.25) is 0 Å². The summed E-state index contributed by atoms with van der Waals surface area (Å²) < 4.78 is 33.4. The highest BCUT2D eigenvalue weighted by Crippen LogP contribution is 2.32. The van der Waals surface area contributed by atoms with Gasteiger partial charge < -0.3 is 9.52 Å². The van der Waals surface area contributed by atoms with Crippen LogP contribution in [0.3, 0.4) is 0 Å². The molecule has 154 valence electrons. The number of carboxylic acid groups (broad SMARTS) is 1. The van der Waals surface area contributed by atoms with E-state index < -0.39 is 16.0 Å². The second-order valence-corrected chi connectivity index (χ2v) is 8.88. The summed E-state index contributed by atoms with van der Waals surface area (Å²) in [7, 11) is -3.91. The van der Waals surface area contributed by atoms with Crippen molar-refractivity contribution in [3.63, 3.8) is 0 Å². The summed E-state index contributed by atoms with van der Waals surface area (Å²) in [6.07, 6.45) is 5.04. The SMILES string of the molecule is Cc1cc(S(=O)(=O)n2cc(CCC(=O)O)c3cc(-c4cccnc4)ccc32)c(C)o1. The number of aliphatic carboxylic acids is 1. The summed E-state index contributed by atoms with van der Waals surface area (Å²) in [5, 5.41) is 9.81. The number of carbonyl (C=O) groups is 1. The van der Waals surface area contributed by atoms with E-state index in [4.69, 9.17) is 9.52 Å². The molecule has 30 heavy (non-hydrogen) atoms. The summed E-state index contributed by atoms with van der Waals surface area (Å²) in [4.78, 5) is 15.3. The van der Waals surface area contributed by atoms with Crippen LogP contribution in [0.5, 0.6) is 0 Å². The molecule has 0 atom stereocenters. The maximum absolute atomic E-state index is 13.4. The van der Waals surface area contributed by atoms with Gasteiger partial charge >= 0.3 is 5.97 Å². The van der Waals surface area contributed by atoms with Crippen molar-refractivity contribution >= 4 is 26.9 Å². The van der Waals surface area contributed by atoms with Gasteiger partial charge in [-0.1, -0.05) is 12.1 Å². The number of hydrogen-bond donors (Lipinski definition) is 1. The van der Waals surface area contributed by atoms with Crippen molar-refractivity contribution in [2.75, 3.05) is 0 Å². The molecule has 0 bridgehead atoms. The van der Waals surface area contributed by atoms with Crippen LogP contribution in [0.1, 0.15) is 23.5 Å². The van der Waals surface area contributed by atoms with E-state index in [9.17, 15) is 13.2 Å². The Kier molecular flexibility index (Phi) is 4.95.